The SMILES string of the molecule is CCc1nn(C)cc1NC(=O)C(C)(C)Br. The summed E-state index contributed by atoms with van der Waals surface area (Å²) in [6, 6.07) is 0. The molecule has 0 unspecified atom stereocenters. The molecule has 0 spiro atoms. The number of nitrogens with zero attached hydrogens (tertiary/aromatic N) is 2. The predicted molar refractivity (Wildman–Crippen MR) is 64.2 cm³/mol. The summed E-state index contributed by atoms with van der Waals surface area (Å²) < 4.78 is 1.14. The standard InChI is InChI=1S/C10H16BrN3O/c1-5-7-8(6-14(4)13-7)12-9(15)10(2,3)11/h6H,5H2,1-4H3,(H,12,15). The fourth-order valence-corrected chi connectivity index (χ4v) is 1.27. The van der Waals surface area contributed by atoms with Crippen molar-refractivity contribution in [3.63, 3.8) is 0 Å². The average molecular weight is 274 g/mol. The Balaban J connectivity index is 2.85. The van der Waals surface area contributed by atoms with E-state index < -0.39 is 4.32 Å². The van der Waals surface area contributed by atoms with Gasteiger partial charge in [-0.1, -0.05) is 22.9 Å². The van der Waals surface area contributed by atoms with Gasteiger partial charge in [0.05, 0.1) is 15.7 Å². The summed E-state index contributed by atoms with van der Waals surface area (Å²) in [5, 5.41) is 7.10. The molecule has 0 aromatic carbocycles. The molecule has 1 N–H and O–H groups in total. The van der Waals surface area contributed by atoms with E-state index >= 15 is 0 Å². The summed E-state index contributed by atoms with van der Waals surface area (Å²) in [5.74, 6) is -0.0646. The molecule has 0 atom stereocenters. The van der Waals surface area contributed by atoms with Gasteiger partial charge in [0.15, 0.2) is 0 Å². The van der Waals surface area contributed by atoms with E-state index in [0.29, 0.717) is 0 Å². The lowest BCUT2D eigenvalue weighted by atomic mass is 10.2. The molecule has 15 heavy (non-hydrogen) atoms. The summed E-state index contributed by atoms with van der Waals surface area (Å²) in [5.41, 5.74) is 1.69. The second-order valence-electron chi connectivity index (χ2n) is 3.94. The minimum atomic E-state index is -0.562. The van der Waals surface area contributed by atoms with Crippen LogP contribution in [0, 0.1) is 0 Å². The topological polar surface area (TPSA) is 46.9 Å². The lowest BCUT2D eigenvalue weighted by Crippen LogP contribution is -2.31. The fraction of sp³-hybridized carbons (Fsp3) is 0.600. The van der Waals surface area contributed by atoms with Crippen molar-refractivity contribution in [2.24, 2.45) is 7.05 Å². The van der Waals surface area contributed by atoms with Crippen molar-refractivity contribution in [1.29, 1.82) is 0 Å². The van der Waals surface area contributed by atoms with Gasteiger partial charge in [0.1, 0.15) is 0 Å². The van der Waals surface area contributed by atoms with Crippen molar-refractivity contribution in [2.75, 3.05) is 5.32 Å². The van der Waals surface area contributed by atoms with Gasteiger partial charge in [-0.3, -0.25) is 9.48 Å². The van der Waals surface area contributed by atoms with Crippen molar-refractivity contribution in [2.45, 2.75) is 31.5 Å². The van der Waals surface area contributed by atoms with E-state index in [4.69, 9.17) is 0 Å². The van der Waals surface area contributed by atoms with Crippen LogP contribution < -0.4 is 5.32 Å². The number of alkyl halides is 1. The van der Waals surface area contributed by atoms with Crippen LogP contribution in [0.3, 0.4) is 0 Å². The number of hydrogen-bond acceptors (Lipinski definition) is 2. The highest BCUT2D eigenvalue weighted by Crippen LogP contribution is 2.20. The molecule has 0 saturated carbocycles. The molecule has 0 saturated heterocycles. The number of aromatic nitrogens is 2. The van der Waals surface area contributed by atoms with Crippen molar-refractivity contribution >= 4 is 27.5 Å². The molecule has 0 bridgehead atoms. The van der Waals surface area contributed by atoms with Crippen molar-refractivity contribution in [3.8, 4) is 0 Å². The normalized spacial score (nSPS) is 11.5. The Kier molecular flexibility index (Phi) is 3.54. The summed E-state index contributed by atoms with van der Waals surface area (Å²) in [4.78, 5) is 11.7. The first kappa shape index (κ1) is 12.2. The predicted octanol–water partition coefficient (Wildman–Crippen LogP) is 2.09. The van der Waals surface area contributed by atoms with E-state index in [1.807, 2.05) is 34.0 Å². The van der Waals surface area contributed by atoms with Gasteiger partial charge in [-0.15, -0.1) is 0 Å². The third-order valence-electron chi connectivity index (χ3n) is 2.03. The second-order valence-corrected chi connectivity index (χ2v) is 5.93. The van der Waals surface area contributed by atoms with E-state index in [1.54, 1.807) is 4.68 Å². The van der Waals surface area contributed by atoms with Crippen molar-refractivity contribution in [1.82, 2.24) is 9.78 Å². The van der Waals surface area contributed by atoms with Crippen LogP contribution in [-0.2, 0) is 18.3 Å². The van der Waals surface area contributed by atoms with Crippen molar-refractivity contribution < 1.29 is 4.79 Å². The first-order valence-electron chi connectivity index (χ1n) is 4.87. The summed E-state index contributed by atoms with van der Waals surface area (Å²) in [7, 11) is 1.84. The van der Waals surface area contributed by atoms with E-state index in [0.717, 1.165) is 17.8 Å². The van der Waals surface area contributed by atoms with Crippen LogP contribution in [-0.4, -0.2) is 20.0 Å². The number of carbonyl (C=O) groups excluding carboxylic acids is 1. The van der Waals surface area contributed by atoms with Gasteiger partial charge in [0, 0.05) is 13.2 Å². The first-order chi connectivity index (χ1) is 6.84. The minimum absolute atomic E-state index is 0.0646. The third kappa shape index (κ3) is 3.06. The number of carbonyl (C=O) groups is 1. The van der Waals surface area contributed by atoms with Gasteiger partial charge in [-0.25, -0.2) is 0 Å². The maximum atomic E-state index is 11.7. The van der Waals surface area contributed by atoms with E-state index in [2.05, 4.69) is 26.3 Å². The molecule has 1 rings (SSSR count). The van der Waals surface area contributed by atoms with Gasteiger partial charge < -0.3 is 5.32 Å². The van der Waals surface area contributed by atoms with Crippen LogP contribution in [0.2, 0.25) is 0 Å². The molecule has 5 heteroatoms. The van der Waals surface area contributed by atoms with Gasteiger partial charge >= 0.3 is 0 Å². The quantitative estimate of drug-likeness (QED) is 0.858. The van der Waals surface area contributed by atoms with Gasteiger partial charge in [-0.05, 0) is 20.3 Å². The Labute approximate surface area is 98.2 Å². The highest BCUT2D eigenvalue weighted by Gasteiger charge is 2.24. The molecule has 0 fully saturated rings. The zero-order valence-electron chi connectivity index (χ0n) is 9.47. The third-order valence-corrected chi connectivity index (χ3v) is 2.39. The highest BCUT2D eigenvalue weighted by molar-refractivity contribution is 9.10. The van der Waals surface area contributed by atoms with Gasteiger partial charge in [0.2, 0.25) is 5.91 Å². The number of rotatable bonds is 3. The largest absolute Gasteiger partial charge is 0.322 e. The molecule has 1 aromatic heterocycles. The second kappa shape index (κ2) is 4.35. The van der Waals surface area contributed by atoms with Crippen LogP contribution >= 0.6 is 15.9 Å². The zero-order valence-corrected chi connectivity index (χ0v) is 11.1. The Hall–Kier alpha value is -0.840. The van der Waals surface area contributed by atoms with E-state index in [-0.39, 0.29) is 5.91 Å². The smallest absolute Gasteiger partial charge is 0.240 e. The maximum absolute atomic E-state index is 11.7. The molecular formula is C10H16BrN3O. The fourth-order valence-electron chi connectivity index (χ4n) is 1.17. The maximum Gasteiger partial charge on any atom is 0.240 e. The minimum Gasteiger partial charge on any atom is -0.322 e. The van der Waals surface area contributed by atoms with Gasteiger partial charge in [-0.2, -0.15) is 5.10 Å². The monoisotopic (exact) mass is 273 g/mol. The molecule has 0 aliphatic heterocycles. The summed E-state index contributed by atoms with van der Waals surface area (Å²) in [6.45, 7) is 5.63. The van der Waals surface area contributed by atoms with Crippen LogP contribution in [0.15, 0.2) is 6.20 Å². The molecule has 0 aliphatic rings. The lowest BCUT2D eigenvalue weighted by molar-refractivity contribution is -0.117. The molecule has 1 heterocycles. The molecule has 0 radical (unpaired) electrons. The Morgan fingerprint density at radius 1 is 1.67 bits per heavy atom. The molecule has 0 aliphatic carbocycles. The van der Waals surface area contributed by atoms with Crippen LogP contribution in [0.4, 0.5) is 5.69 Å². The Morgan fingerprint density at radius 3 is 2.73 bits per heavy atom. The molecule has 4 nitrogen and oxygen atoms in total. The summed E-state index contributed by atoms with van der Waals surface area (Å²) in [6.07, 6.45) is 2.62. The van der Waals surface area contributed by atoms with Crippen LogP contribution in [0.25, 0.3) is 0 Å². The Morgan fingerprint density at radius 2 is 2.27 bits per heavy atom. The lowest BCUT2D eigenvalue weighted by Gasteiger charge is -2.15. The number of hydrogen-bond donors (Lipinski definition) is 1. The molecule has 1 aromatic rings. The van der Waals surface area contributed by atoms with E-state index in [9.17, 15) is 4.79 Å². The molecule has 1 amide bonds. The zero-order chi connectivity index (χ0) is 11.6. The van der Waals surface area contributed by atoms with Crippen LogP contribution in [0.1, 0.15) is 26.5 Å². The van der Waals surface area contributed by atoms with E-state index in [1.165, 1.54) is 0 Å². The number of nitrogens with one attached hydrogen (secondary N) is 1. The molecular weight excluding hydrogens is 258 g/mol. The van der Waals surface area contributed by atoms with Crippen molar-refractivity contribution in [3.05, 3.63) is 11.9 Å². The van der Waals surface area contributed by atoms with Crippen LogP contribution in [0.5, 0.6) is 0 Å². The number of aryl methyl sites for hydroxylation is 2. The molecule has 84 valence electrons. The van der Waals surface area contributed by atoms with Gasteiger partial charge in [0.25, 0.3) is 0 Å². The number of halogens is 1. The number of anilines is 1. The first-order valence-corrected chi connectivity index (χ1v) is 5.66. The average Bonchev–Trinajstić information content (AvgIpc) is 2.44. The summed E-state index contributed by atoms with van der Waals surface area (Å²) >= 11 is 3.32. The Bertz CT molecular complexity index is 365. The highest BCUT2D eigenvalue weighted by atomic mass is 79.9. The number of amides is 1.